The quantitative estimate of drug-likeness (QED) is 0.875. The van der Waals surface area contributed by atoms with Crippen LogP contribution >= 0.6 is 11.6 Å². The van der Waals surface area contributed by atoms with Crippen molar-refractivity contribution in [3.8, 4) is 0 Å². The molecule has 1 saturated heterocycles. The van der Waals surface area contributed by atoms with Gasteiger partial charge < -0.3 is 10.2 Å². The number of piperazine rings is 1. The number of aromatic nitrogens is 2. The smallest absolute Gasteiger partial charge is 0.191 e. The Morgan fingerprint density at radius 2 is 2.14 bits per heavy atom. The molecule has 0 atom stereocenters. The van der Waals surface area contributed by atoms with Crippen molar-refractivity contribution in [3.63, 3.8) is 0 Å². The first kappa shape index (κ1) is 14.0. The van der Waals surface area contributed by atoms with Crippen LogP contribution in [0.3, 0.4) is 0 Å². The van der Waals surface area contributed by atoms with Crippen LogP contribution in [0.25, 0.3) is 16.7 Å². The largest absolute Gasteiger partial charge is 0.335 e. The molecule has 116 valence electrons. The van der Waals surface area contributed by atoms with E-state index in [2.05, 4.69) is 10.2 Å². The van der Waals surface area contributed by atoms with E-state index >= 15 is 0 Å². The van der Waals surface area contributed by atoms with Gasteiger partial charge in [0.15, 0.2) is 5.76 Å². The fourth-order valence-corrected chi connectivity index (χ4v) is 3.17. The zero-order valence-electron chi connectivity index (χ0n) is 12.1. The maximum absolute atomic E-state index is 6.42. The zero-order chi connectivity index (χ0) is 14.9. The van der Waals surface area contributed by atoms with Gasteiger partial charge in [-0.15, -0.1) is 0 Å². The molecule has 0 spiro atoms. The lowest BCUT2D eigenvalue weighted by Crippen LogP contribution is -2.44. The van der Waals surface area contributed by atoms with Crippen molar-refractivity contribution in [3.05, 3.63) is 35.0 Å². The third kappa shape index (κ3) is 2.48. The van der Waals surface area contributed by atoms with Crippen LogP contribution in [0.1, 0.15) is 5.69 Å². The molecule has 0 radical (unpaired) electrons. The van der Waals surface area contributed by atoms with Crippen LogP contribution in [-0.4, -0.2) is 47.5 Å². The third-order valence-corrected chi connectivity index (χ3v) is 4.29. The Morgan fingerprint density at radius 3 is 2.91 bits per heavy atom. The van der Waals surface area contributed by atoms with Crippen molar-refractivity contribution >= 4 is 28.3 Å². The van der Waals surface area contributed by atoms with E-state index in [0.29, 0.717) is 17.4 Å². The number of nitrogens with zero attached hydrogens (tertiary/aromatic N) is 3. The number of benzene rings is 1. The van der Waals surface area contributed by atoms with E-state index in [1.165, 1.54) is 0 Å². The van der Waals surface area contributed by atoms with Gasteiger partial charge in [-0.2, -0.15) is 9.99 Å². The van der Waals surface area contributed by atoms with E-state index in [4.69, 9.17) is 26.5 Å². The van der Waals surface area contributed by atoms with Gasteiger partial charge in [-0.1, -0.05) is 23.7 Å². The van der Waals surface area contributed by atoms with Crippen LogP contribution in [0.2, 0.25) is 5.02 Å². The molecule has 6 nitrogen and oxygen atoms in total. The molecule has 1 fully saturated rings. The zero-order valence-corrected chi connectivity index (χ0v) is 12.8. The Bertz CT molecular complexity index is 722. The van der Waals surface area contributed by atoms with E-state index < -0.39 is 0 Å². The van der Waals surface area contributed by atoms with Crippen molar-refractivity contribution < 1.29 is 9.78 Å². The van der Waals surface area contributed by atoms with E-state index in [1.54, 1.807) is 0 Å². The summed E-state index contributed by atoms with van der Waals surface area (Å²) in [5.41, 5.74) is 1.72. The van der Waals surface area contributed by atoms with Crippen LogP contribution in [0.15, 0.2) is 24.3 Å². The molecule has 0 amide bonds. The molecule has 2 aliphatic heterocycles. The first-order valence-corrected chi connectivity index (χ1v) is 7.79. The van der Waals surface area contributed by atoms with Gasteiger partial charge in [-0.25, -0.2) is 4.68 Å². The third-order valence-electron chi connectivity index (χ3n) is 3.98. The molecule has 22 heavy (non-hydrogen) atoms. The van der Waals surface area contributed by atoms with Crippen molar-refractivity contribution in [1.29, 1.82) is 0 Å². The number of hydrogen-bond donors (Lipinski definition) is 1. The predicted molar refractivity (Wildman–Crippen MR) is 84.2 cm³/mol. The van der Waals surface area contributed by atoms with E-state index in [1.807, 2.05) is 29.0 Å². The summed E-state index contributed by atoms with van der Waals surface area (Å²) in [5.74, 6) is 0.659. The minimum Gasteiger partial charge on any atom is -0.335 e. The molecular formula is C15H17ClN4O2. The monoisotopic (exact) mass is 320 g/mol. The summed E-state index contributed by atoms with van der Waals surface area (Å²) in [5, 5.41) is 9.76. The highest BCUT2D eigenvalue weighted by atomic mass is 35.5. The number of halogens is 1. The first-order valence-electron chi connectivity index (χ1n) is 7.41. The second-order valence-electron chi connectivity index (χ2n) is 5.43. The summed E-state index contributed by atoms with van der Waals surface area (Å²) in [6.07, 6.45) is 1.89. The molecule has 1 aromatic heterocycles. The Kier molecular flexibility index (Phi) is 3.75. The number of hydrogen-bond acceptors (Lipinski definition) is 5. The summed E-state index contributed by atoms with van der Waals surface area (Å²) in [4.78, 5) is 12.5. The summed E-state index contributed by atoms with van der Waals surface area (Å²) in [7, 11) is 0. The molecule has 0 bridgehead atoms. The van der Waals surface area contributed by atoms with Gasteiger partial charge in [0, 0.05) is 31.6 Å². The lowest BCUT2D eigenvalue weighted by molar-refractivity contribution is -0.209. The summed E-state index contributed by atoms with van der Waals surface area (Å²) in [6, 6.07) is 5.84. The average molecular weight is 321 g/mol. The predicted octanol–water partition coefficient (Wildman–Crippen LogP) is 1.86. The number of fused-ring (bicyclic) bond motifs is 1. The van der Waals surface area contributed by atoms with Crippen LogP contribution in [0.4, 0.5) is 0 Å². The highest BCUT2D eigenvalue weighted by molar-refractivity contribution is 6.35. The Hall–Kier alpha value is -1.60. The Balaban J connectivity index is 1.76. The standard InChI is InChI=1S/C15H17ClN4O2/c16-12-3-1-2-11-14(13-4-9-21-22-13)18-20(15(11)12)10-19-7-5-17-6-8-19/h1-4,17H,5-10H2. The van der Waals surface area contributed by atoms with Gasteiger partial charge >= 0.3 is 0 Å². The summed E-state index contributed by atoms with van der Waals surface area (Å²) < 4.78 is 1.96. The molecule has 1 aromatic carbocycles. The molecule has 2 aliphatic rings. The van der Waals surface area contributed by atoms with E-state index in [-0.39, 0.29) is 0 Å². The lowest BCUT2D eigenvalue weighted by atomic mass is 10.2. The number of para-hydroxylation sites is 1. The average Bonchev–Trinajstić information content (AvgIpc) is 3.17. The van der Waals surface area contributed by atoms with Crippen molar-refractivity contribution in [2.24, 2.45) is 0 Å². The molecule has 2 aromatic rings. The van der Waals surface area contributed by atoms with Gasteiger partial charge in [-0.3, -0.25) is 4.90 Å². The molecule has 4 rings (SSSR count). The minimum absolute atomic E-state index is 0.446. The SMILES string of the molecule is Clc1cccc2c(C3=CCOO3)nn(CN3CCNCC3)c12. The molecule has 0 saturated carbocycles. The van der Waals surface area contributed by atoms with Crippen LogP contribution in [0, 0.1) is 0 Å². The second-order valence-corrected chi connectivity index (χ2v) is 5.84. The Morgan fingerprint density at radius 1 is 1.27 bits per heavy atom. The fourth-order valence-electron chi connectivity index (χ4n) is 2.90. The maximum atomic E-state index is 6.42. The summed E-state index contributed by atoms with van der Waals surface area (Å²) in [6.45, 7) is 5.18. The van der Waals surface area contributed by atoms with Gasteiger partial charge in [0.2, 0.25) is 0 Å². The van der Waals surface area contributed by atoms with Crippen molar-refractivity contribution in [2.75, 3.05) is 32.8 Å². The number of nitrogens with one attached hydrogen (secondary N) is 1. The van der Waals surface area contributed by atoms with E-state index in [9.17, 15) is 0 Å². The molecule has 7 heteroatoms. The first-order chi connectivity index (χ1) is 10.8. The number of rotatable bonds is 3. The van der Waals surface area contributed by atoms with Gasteiger partial charge in [0.25, 0.3) is 0 Å². The molecule has 0 aliphatic carbocycles. The maximum Gasteiger partial charge on any atom is 0.191 e. The van der Waals surface area contributed by atoms with Gasteiger partial charge in [0.1, 0.15) is 12.3 Å². The topological polar surface area (TPSA) is 51.6 Å². The molecular weight excluding hydrogens is 304 g/mol. The second kappa shape index (κ2) is 5.89. The lowest BCUT2D eigenvalue weighted by Gasteiger charge is -2.27. The minimum atomic E-state index is 0.446. The summed E-state index contributed by atoms with van der Waals surface area (Å²) >= 11 is 6.42. The molecule has 3 heterocycles. The highest BCUT2D eigenvalue weighted by Gasteiger charge is 2.22. The Labute approximate surface area is 133 Å². The van der Waals surface area contributed by atoms with Crippen molar-refractivity contribution in [2.45, 2.75) is 6.67 Å². The molecule has 0 unspecified atom stereocenters. The van der Waals surface area contributed by atoms with Crippen LogP contribution in [-0.2, 0) is 16.4 Å². The van der Waals surface area contributed by atoms with Crippen LogP contribution < -0.4 is 5.32 Å². The van der Waals surface area contributed by atoms with E-state index in [0.717, 1.165) is 49.4 Å². The van der Waals surface area contributed by atoms with Gasteiger partial charge in [-0.05, 0) is 12.1 Å². The van der Waals surface area contributed by atoms with Gasteiger partial charge in [0.05, 0.1) is 17.2 Å². The highest BCUT2D eigenvalue weighted by Crippen LogP contribution is 2.31. The molecule has 1 N–H and O–H groups in total. The van der Waals surface area contributed by atoms with Crippen molar-refractivity contribution in [1.82, 2.24) is 20.0 Å². The van der Waals surface area contributed by atoms with Crippen LogP contribution in [0.5, 0.6) is 0 Å². The normalized spacial score (nSPS) is 19.4. The fraction of sp³-hybridized carbons (Fsp3) is 0.400.